The summed E-state index contributed by atoms with van der Waals surface area (Å²) in [6.45, 7) is 2.89. The average Bonchev–Trinajstić information content (AvgIpc) is 1.85. The molecule has 0 aromatic heterocycles. The van der Waals surface area contributed by atoms with Crippen LogP contribution in [0, 0.1) is 6.92 Å². The lowest BCUT2D eigenvalue weighted by Gasteiger charge is -2.09. The molecule has 0 fully saturated rings. The van der Waals surface area contributed by atoms with Crippen molar-refractivity contribution in [2.75, 3.05) is 7.05 Å². The number of nitrogens with two attached hydrogens (primary N) is 1. The first-order chi connectivity index (χ1) is 5.18. The van der Waals surface area contributed by atoms with E-state index in [4.69, 9.17) is 5.84 Å². The molecular formula is C9H14N2. The van der Waals surface area contributed by atoms with E-state index in [-0.39, 0.29) is 0 Å². The van der Waals surface area contributed by atoms with E-state index in [2.05, 4.69) is 25.1 Å². The van der Waals surface area contributed by atoms with Gasteiger partial charge in [-0.15, -0.1) is 0 Å². The van der Waals surface area contributed by atoms with Gasteiger partial charge in [0.2, 0.25) is 0 Å². The molecule has 0 aliphatic heterocycles. The minimum atomic E-state index is 0.807. The van der Waals surface area contributed by atoms with Crippen LogP contribution in [0.5, 0.6) is 0 Å². The molecule has 60 valence electrons. The maximum atomic E-state index is 5.51. The normalized spacial score (nSPS) is 10.5. The molecule has 0 spiro atoms. The number of hydrazine groups is 1. The Balaban J connectivity index is 2.71. The molecule has 11 heavy (non-hydrogen) atoms. The fraction of sp³-hybridized carbons (Fsp3) is 0.333. The zero-order valence-electron chi connectivity index (χ0n) is 7.04. The fourth-order valence-corrected chi connectivity index (χ4v) is 1.10. The topological polar surface area (TPSA) is 29.3 Å². The van der Waals surface area contributed by atoms with Crippen molar-refractivity contribution in [3.8, 4) is 0 Å². The van der Waals surface area contributed by atoms with Gasteiger partial charge in [-0.1, -0.05) is 29.8 Å². The summed E-state index contributed by atoms with van der Waals surface area (Å²) < 4.78 is 0. The van der Waals surface area contributed by atoms with Crippen LogP contribution in [-0.2, 0) is 6.54 Å². The molecule has 0 atom stereocenters. The number of hydrogen-bond acceptors (Lipinski definition) is 2. The Morgan fingerprint density at radius 3 is 2.73 bits per heavy atom. The van der Waals surface area contributed by atoms with Gasteiger partial charge in [0.15, 0.2) is 0 Å². The molecule has 0 amide bonds. The van der Waals surface area contributed by atoms with Gasteiger partial charge >= 0.3 is 0 Å². The van der Waals surface area contributed by atoms with Crippen LogP contribution in [0.15, 0.2) is 24.3 Å². The average molecular weight is 150 g/mol. The molecule has 0 radical (unpaired) electrons. The molecular weight excluding hydrogens is 136 g/mol. The van der Waals surface area contributed by atoms with Crippen molar-refractivity contribution in [2.45, 2.75) is 13.5 Å². The summed E-state index contributed by atoms with van der Waals surface area (Å²) in [5.41, 5.74) is 2.54. The van der Waals surface area contributed by atoms with Crippen molar-refractivity contribution in [1.29, 1.82) is 0 Å². The molecule has 0 heterocycles. The summed E-state index contributed by atoms with van der Waals surface area (Å²) >= 11 is 0. The third-order valence-corrected chi connectivity index (χ3v) is 1.51. The van der Waals surface area contributed by atoms with Gasteiger partial charge in [-0.2, -0.15) is 0 Å². The van der Waals surface area contributed by atoms with Crippen molar-refractivity contribution < 1.29 is 0 Å². The highest BCUT2D eigenvalue weighted by molar-refractivity contribution is 5.21. The van der Waals surface area contributed by atoms with Gasteiger partial charge in [-0.3, -0.25) is 5.84 Å². The van der Waals surface area contributed by atoms with Gasteiger partial charge < -0.3 is 0 Å². The molecule has 0 aliphatic carbocycles. The quantitative estimate of drug-likeness (QED) is 0.508. The van der Waals surface area contributed by atoms with E-state index < -0.39 is 0 Å². The first-order valence-electron chi connectivity index (χ1n) is 3.70. The predicted molar refractivity (Wildman–Crippen MR) is 46.8 cm³/mol. The number of rotatable bonds is 2. The fourth-order valence-electron chi connectivity index (χ4n) is 1.10. The maximum Gasteiger partial charge on any atom is 0.0376 e. The summed E-state index contributed by atoms with van der Waals surface area (Å²) in [7, 11) is 1.86. The van der Waals surface area contributed by atoms with Crippen molar-refractivity contribution >= 4 is 0 Å². The van der Waals surface area contributed by atoms with Gasteiger partial charge in [0, 0.05) is 13.6 Å². The van der Waals surface area contributed by atoms with Crippen LogP contribution >= 0.6 is 0 Å². The number of benzene rings is 1. The van der Waals surface area contributed by atoms with E-state index in [9.17, 15) is 0 Å². The minimum Gasteiger partial charge on any atom is -0.269 e. The second-order valence-corrected chi connectivity index (χ2v) is 2.90. The van der Waals surface area contributed by atoms with E-state index in [1.165, 1.54) is 11.1 Å². The first-order valence-corrected chi connectivity index (χ1v) is 3.70. The highest BCUT2D eigenvalue weighted by atomic mass is 15.4. The summed E-state index contributed by atoms with van der Waals surface area (Å²) in [4.78, 5) is 0. The molecule has 1 aromatic carbocycles. The van der Waals surface area contributed by atoms with Crippen LogP contribution in [0.25, 0.3) is 0 Å². The highest BCUT2D eigenvalue weighted by Gasteiger charge is 1.93. The van der Waals surface area contributed by atoms with Crippen LogP contribution in [0.4, 0.5) is 0 Å². The zero-order valence-corrected chi connectivity index (χ0v) is 7.04. The van der Waals surface area contributed by atoms with Crippen molar-refractivity contribution in [3.05, 3.63) is 35.4 Å². The van der Waals surface area contributed by atoms with Crippen LogP contribution in [-0.4, -0.2) is 12.1 Å². The lowest BCUT2D eigenvalue weighted by molar-refractivity contribution is 0.341. The molecule has 0 unspecified atom stereocenters. The molecule has 2 heteroatoms. The molecule has 1 rings (SSSR count). The number of nitrogens with zero attached hydrogens (tertiary/aromatic N) is 1. The van der Waals surface area contributed by atoms with Crippen molar-refractivity contribution in [1.82, 2.24) is 5.01 Å². The second-order valence-electron chi connectivity index (χ2n) is 2.90. The van der Waals surface area contributed by atoms with E-state index in [1.807, 2.05) is 13.1 Å². The van der Waals surface area contributed by atoms with Gasteiger partial charge in [-0.25, -0.2) is 5.01 Å². The van der Waals surface area contributed by atoms with Crippen LogP contribution < -0.4 is 5.84 Å². The Hall–Kier alpha value is -0.860. The summed E-state index contributed by atoms with van der Waals surface area (Å²) in [5, 5.41) is 1.68. The molecule has 0 saturated heterocycles. The predicted octanol–water partition coefficient (Wildman–Crippen LogP) is 1.30. The molecule has 0 aliphatic rings. The van der Waals surface area contributed by atoms with Gasteiger partial charge in [0.25, 0.3) is 0 Å². The Morgan fingerprint density at radius 2 is 2.18 bits per heavy atom. The molecule has 2 nitrogen and oxygen atoms in total. The largest absolute Gasteiger partial charge is 0.269 e. The summed E-state index contributed by atoms with van der Waals surface area (Å²) in [6.07, 6.45) is 0. The third-order valence-electron chi connectivity index (χ3n) is 1.51. The van der Waals surface area contributed by atoms with Gasteiger partial charge in [0.1, 0.15) is 0 Å². The first kappa shape index (κ1) is 8.24. The van der Waals surface area contributed by atoms with Crippen LogP contribution in [0.2, 0.25) is 0 Å². The van der Waals surface area contributed by atoms with Gasteiger partial charge in [0.05, 0.1) is 0 Å². The second kappa shape index (κ2) is 3.51. The lowest BCUT2D eigenvalue weighted by atomic mass is 10.1. The lowest BCUT2D eigenvalue weighted by Crippen LogP contribution is -2.24. The smallest absolute Gasteiger partial charge is 0.0376 e. The minimum absolute atomic E-state index is 0.807. The Bertz CT molecular complexity index is 231. The summed E-state index contributed by atoms with van der Waals surface area (Å²) in [5.74, 6) is 5.51. The molecule has 2 N–H and O–H groups in total. The van der Waals surface area contributed by atoms with Crippen molar-refractivity contribution in [3.63, 3.8) is 0 Å². The Morgan fingerprint density at radius 1 is 1.45 bits per heavy atom. The molecule has 1 aromatic rings. The Labute approximate surface area is 67.6 Å². The maximum absolute atomic E-state index is 5.51. The number of hydrogen-bond donors (Lipinski definition) is 1. The van der Waals surface area contributed by atoms with E-state index >= 15 is 0 Å². The van der Waals surface area contributed by atoms with E-state index in [1.54, 1.807) is 5.01 Å². The van der Waals surface area contributed by atoms with Crippen LogP contribution in [0.3, 0.4) is 0 Å². The molecule has 0 saturated carbocycles. The monoisotopic (exact) mass is 150 g/mol. The molecule has 0 bridgehead atoms. The van der Waals surface area contributed by atoms with E-state index in [0.717, 1.165) is 6.54 Å². The standard InChI is InChI=1S/C9H14N2/c1-8-4-3-5-9(6-8)7-11(2)10/h3-6H,7,10H2,1-2H3. The van der Waals surface area contributed by atoms with Gasteiger partial charge in [-0.05, 0) is 12.5 Å². The zero-order chi connectivity index (χ0) is 8.27. The Kier molecular flexibility index (Phi) is 2.63. The number of aryl methyl sites for hydroxylation is 1. The summed E-state index contributed by atoms with van der Waals surface area (Å²) in [6, 6.07) is 8.36. The van der Waals surface area contributed by atoms with Crippen LogP contribution in [0.1, 0.15) is 11.1 Å². The highest BCUT2D eigenvalue weighted by Crippen LogP contribution is 2.04. The van der Waals surface area contributed by atoms with Crippen molar-refractivity contribution in [2.24, 2.45) is 5.84 Å². The SMILES string of the molecule is Cc1cccc(CN(C)N)c1. The van der Waals surface area contributed by atoms with E-state index in [0.29, 0.717) is 0 Å². The third kappa shape index (κ3) is 2.70.